The van der Waals surface area contributed by atoms with E-state index >= 15 is 0 Å². The van der Waals surface area contributed by atoms with Crippen molar-refractivity contribution in [2.75, 3.05) is 6.54 Å². The molecule has 0 aliphatic carbocycles. The summed E-state index contributed by atoms with van der Waals surface area (Å²) in [5.74, 6) is 0. The molecule has 0 aromatic carbocycles. The van der Waals surface area contributed by atoms with E-state index in [0.29, 0.717) is 0 Å². The monoisotopic (exact) mass is 280 g/mol. The van der Waals surface area contributed by atoms with Gasteiger partial charge in [-0.05, 0) is 43.7 Å². The summed E-state index contributed by atoms with van der Waals surface area (Å²) in [5.41, 5.74) is 3.49. The minimum Gasteiger partial charge on any atom is -0.305 e. The number of nitrogens with one attached hydrogen (secondary N) is 1. The number of aryl methyl sites for hydroxylation is 2. The second-order valence-corrected chi connectivity index (χ2v) is 6.09. The number of halogens is 1. The molecule has 0 saturated carbocycles. The first kappa shape index (κ1) is 13.5. The van der Waals surface area contributed by atoms with Gasteiger partial charge < -0.3 is 5.32 Å². The van der Waals surface area contributed by atoms with Crippen LogP contribution in [-0.2, 0) is 0 Å². The Hall–Kier alpha value is -0.900. The standard InChI is InChI=1S/C14H17ClN2S/c1-4-16-14(11-5-6-12(15)18-11)13-10(3)7-9(2)8-17-13/h5-8,14,16H,4H2,1-3H3. The van der Waals surface area contributed by atoms with Crippen LogP contribution in [0.25, 0.3) is 0 Å². The number of rotatable bonds is 4. The highest BCUT2D eigenvalue weighted by atomic mass is 35.5. The van der Waals surface area contributed by atoms with Gasteiger partial charge in [-0.2, -0.15) is 0 Å². The van der Waals surface area contributed by atoms with E-state index in [0.717, 1.165) is 16.6 Å². The third-order valence-corrected chi connectivity index (χ3v) is 4.11. The normalized spacial score (nSPS) is 12.7. The molecule has 96 valence electrons. The maximum Gasteiger partial charge on any atom is 0.0931 e. The summed E-state index contributed by atoms with van der Waals surface area (Å²) in [4.78, 5) is 5.79. The zero-order valence-electron chi connectivity index (χ0n) is 10.8. The lowest BCUT2D eigenvalue weighted by atomic mass is 10.1. The number of thiophene rings is 1. The smallest absolute Gasteiger partial charge is 0.0931 e. The van der Waals surface area contributed by atoms with Crippen LogP contribution in [0.2, 0.25) is 4.34 Å². The molecule has 4 heteroatoms. The molecule has 2 rings (SSSR count). The Balaban J connectivity index is 2.41. The Morgan fingerprint density at radius 2 is 2.17 bits per heavy atom. The van der Waals surface area contributed by atoms with Gasteiger partial charge in [-0.1, -0.05) is 24.6 Å². The van der Waals surface area contributed by atoms with Gasteiger partial charge in [0.1, 0.15) is 0 Å². The van der Waals surface area contributed by atoms with Crippen LogP contribution in [0.3, 0.4) is 0 Å². The van der Waals surface area contributed by atoms with Crippen LogP contribution in [0.4, 0.5) is 0 Å². The molecule has 2 aromatic heterocycles. The molecule has 2 heterocycles. The Bertz CT molecular complexity index is 536. The van der Waals surface area contributed by atoms with E-state index in [9.17, 15) is 0 Å². The number of nitrogens with zero attached hydrogens (tertiary/aromatic N) is 1. The summed E-state index contributed by atoms with van der Waals surface area (Å²) in [6.45, 7) is 7.17. The highest BCUT2D eigenvalue weighted by molar-refractivity contribution is 7.16. The van der Waals surface area contributed by atoms with Crippen molar-refractivity contribution in [3.8, 4) is 0 Å². The van der Waals surface area contributed by atoms with Gasteiger partial charge in [0.25, 0.3) is 0 Å². The molecule has 2 aromatic rings. The second-order valence-electron chi connectivity index (χ2n) is 4.35. The van der Waals surface area contributed by atoms with Gasteiger partial charge in [-0.25, -0.2) is 0 Å². The van der Waals surface area contributed by atoms with Crippen molar-refractivity contribution < 1.29 is 0 Å². The molecular weight excluding hydrogens is 264 g/mol. The number of aromatic nitrogens is 1. The van der Waals surface area contributed by atoms with Crippen molar-refractivity contribution in [3.63, 3.8) is 0 Å². The fourth-order valence-electron chi connectivity index (χ4n) is 2.05. The average Bonchev–Trinajstić information content (AvgIpc) is 2.73. The summed E-state index contributed by atoms with van der Waals surface area (Å²) >= 11 is 7.63. The van der Waals surface area contributed by atoms with Crippen molar-refractivity contribution in [3.05, 3.63) is 50.4 Å². The summed E-state index contributed by atoms with van der Waals surface area (Å²) in [7, 11) is 0. The maximum absolute atomic E-state index is 6.03. The first-order chi connectivity index (χ1) is 8.61. The molecule has 0 aliphatic rings. The zero-order chi connectivity index (χ0) is 13.1. The lowest BCUT2D eigenvalue weighted by Gasteiger charge is -2.18. The van der Waals surface area contributed by atoms with E-state index in [4.69, 9.17) is 11.6 Å². The van der Waals surface area contributed by atoms with Gasteiger partial charge in [0.15, 0.2) is 0 Å². The lowest BCUT2D eigenvalue weighted by molar-refractivity contribution is 0.620. The molecule has 0 aliphatic heterocycles. The zero-order valence-corrected chi connectivity index (χ0v) is 12.4. The van der Waals surface area contributed by atoms with E-state index in [1.807, 2.05) is 12.3 Å². The minimum atomic E-state index is 0.132. The van der Waals surface area contributed by atoms with Crippen LogP contribution in [0.15, 0.2) is 24.4 Å². The second kappa shape index (κ2) is 5.83. The van der Waals surface area contributed by atoms with Crippen molar-refractivity contribution in [2.45, 2.75) is 26.8 Å². The summed E-state index contributed by atoms with van der Waals surface area (Å²) < 4.78 is 0.817. The van der Waals surface area contributed by atoms with Crippen LogP contribution in [0.5, 0.6) is 0 Å². The van der Waals surface area contributed by atoms with Crippen LogP contribution in [0.1, 0.15) is 34.7 Å². The van der Waals surface area contributed by atoms with Gasteiger partial charge in [-0.3, -0.25) is 4.98 Å². The van der Waals surface area contributed by atoms with Gasteiger partial charge in [0, 0.05) is 11.1 Å². The fraction of sp³-hybridized carbons (Fsp3) is 0.357. The third kappa shape index (κ3) is 2.91. The highest BCUT2D eigenvalue weighted by Crippen LogP contribution is 2.31. The quantitative estimate of drug-likeness (QED) is 0.912. The predicted octanol–water partition coefficient (Wildman–Crippen LogP) is 4.11. The van der Waals surface area contributed by atoms with Gasteiger partial charge >= 0.3 is 0 Å². The molecule has 1 N–H and O–H groups in total. The van der Waals surface area contributed by atoms with Crippen molar-refractivity contribution in [1.82, 2.24) is 10.3 Å². The fourth-order valence-corrected chi connectivity index (χ4v) is 3.19. The molecule has 1 atom stereocenters. The molecule has 0 fully saturated rings. The Kier molecular flexibility index (Phi) is 4.38. The Labute approximate surface area is 117 Å². The van der Waals surface area contributed by atoms with E-state index in [-0.39, 0.29) is 6.04 Å². The highest BCUT2D eigenvalue weighted by Gasteiger charge is 2.18. The summed E-state index contributed by atoms with van der Waals surface area (Å²) in [5, 5.41) is 3.48. The molecule has 0 radical (unpaired) electrons. The first-order valence-corrected chi connectivity index (χ1v) is 7.23. The third-order valence-electron chi connectivity index (χ3n) is 2.82. The summed E-state index contributed by atoms with van der Waals surface area (Å²) in [6.07, 6.45) is 1.92. The van der Waals surface area contributed by atoms with Crippen LogP contribution >= 0.6 is 22.9 Å². The molecule has 18 heavy (non-hydrogen) atoms. The molecule has 0 bridgehead atoms. The first-order valence-electron chi connectivity index (χ1n) is 6.03. The Morgan fingerprint density at radius 3 is 2.72 bits per heavy atom. The lowest BCUT2D eigenvalue weighted by Crippen LogP contribution is -2.23. The van der Waals surface area contributed by atoms with E-state index < -0.39 is 0 Å². The van der Waals surface area contributed by atoms with Crippen LogP contribution in [0, 0.1) is 13.8 Å². The Morgan fingerprint density at radius 1 is 1.39 bits per heavy atom. The van der Waals surface area contributed by atoms with E-state index in [1.165, 1.54) is 16.0 Å². The van der Waals surface area contributed by atoms with Gasteiger partial charge in [-0.15, -0.1) is 11.3 Å². The summed E-state index contributed by atoms with van der Waals surface area (Å²) in [6, 6.07) is 6.31. The molecule has 0 spiro atoms. The molecule has 0 saturated heterocycles. The van der Waals surface area contributed by atoms with Crippen LogP contribution < -0.4 is 5.32 Å². The maximum atomic E-state index is 6.03. The molecule has 1 unspecified atom stereocenters. The van der Waals surface area contributed by atoms with E-state index in [2.05, 4.69) is 43.2 Å². The number of hydrogen-bond donors (Lipinski definition) is 1. The molecule has 0 amide bonds. The van der Waals surface area contributed by atoms with Crippen LogP contribution in [-0.4, -0.2) is 11.5 Å². The van der Waals surface area contributed by atoms with Crippen molar-refractivity contribution >= 4 is 22.9 Å². The molecular formula is C14H17ClN2S. The topological polar surface area (TPSA) is 24.9 Å². The van der Waals surface area contributed by atoms with E-state index in [1.54, 1.807) is 11.3 Å². The van der Waals surface area contributed by atoms with Gasteiger partial charge in [0.05, 0.1) is 16.1 Å². The minimum absolute atomic E-state index is 0.132. The average molecular weight is 281 g/mol. The molecule has 2 nitrogen and oxygen atoms in total. The predicted molar refractivity (Wildman–Crippen MR) is 78.6 cm³/mol. The largest absolute Gasteiger partial charge is 0.305 e. The number of pyridine rings is 1. The SMILES string of the molecule is CCNC(c1ccc(Cl)s1)c1ncc(C)cc1C. The van der Waals surface area contributed by atoms with Crippen molar-refractivity contribution in [1.29, 1.82) is 0 Å². The van der Waals surface area contributed by atoms with Crippen molar-refractivity contribution in [2.24, 2.45) is 0 Å². The number of hydrogen-bond acceptors (Lipinski definition) is 3. The van der Waals surface area contributed by atoms with Gasteiger partial charge in [0.2, 0.25) is 0 Å².